The minimum absolute atomic E-state index is 0.00578. The minimum atomic E-state index is -0.0458. The minimum Gasteiger partial charge on any atom is -0.508 e. The molecule has 3 heteroatoms. The fraction of sp³-hybridized carbons (Fsp3) is 0.200. The smallest absolute Gasteiger partial charge is 0.126 e. The molecule has 2 aromatic rings. The van der Waals surface area contributed by atoms with E-state index in [1.165, 1.54) is 0 Å². The molecule has 92 valence electrons. The summed E-state index contributed by atoms with van der Waals surface area (Å²) in [6, 6.07) is 15.0. The number of phenolic OH excluding ortho intramolecular Hbond substituents is 1. The summed E-state index contributed by atoms with van der Waals surface area (Å²) in [4.78, 5) is 0. The molecule has 0 fully saturated rings. The molecule has 3 rings (SSSR count). The molecule has 2 aromatic carbocycles. The van der Waals surface area contributed by atoms with E-state index in [0.29, 0.717) is 0 Å². The SMILES string of the molecule is N[C@@H]1CC(c2ccc(O)cc2)Oc2ccccc21. The van der Waals surface area contributed by atoms with E-state index in [2.05, 4.69) is 0 Å². The van der Waals surface area contributed by atoms with Gasteiger partial charge in [-0.1, -0.05) is 30.3 Å². The summed E-state index contributed by atoms with van der Waals surface area (Å²) in [7, 11) is 0. The van der Waals surface area contributed by atoms with Crippen LogP contribution in [0.3, 0.4) is 0 Å². The molecule has 0 spiro atoms. The Balaban J connectivity index is 1.92. The van der Waals surface area contributed by atoms with Crippen LogP contribution in [0, 0.1) is 0 Å². The molecule has 1 aliphatic heterocycles. The fourth-order valence-electron chi connectivity index (χ4n) is 2.35. The summed E-state index contributed by atoms with van der Waals surface area (Å²) in [5.41, 5.74) is 8.28. The van der Waals surface area contributed by atoms with Crippen LogP contribution in [0.1, 0.15) is 29.7 Å². The lowest BCUT2D eigenvalue weighted by Crippen LogP contribution is -2.23. The number of para-hydroxylation sites is 1. The molecule has 1 unspecified atom stereocenters. The van der Waals surface area contributed by atoms with E-state index in [1.807, 2.05) is 36.4 Å². The van der Waals surface area contributed by atoms with Crippen LogP contribution in [0.4, 0.5) is 0 Å². The Hall–Kier alpha value is -2.00. The predicted molar refractivity (Wildman–Crippen MR) is 69.5 cm³/mol. The zero-order valence-electron chi connectivity index (χ0n) is 9.91. The third-order valence-electron chi connectivity index (χ3n) is 3.32. The van der Waals surface area contributed by atoms with Crippen molar-refractivity contribution in [2.45, 2.75) is 18.6 Å². The van der Waals surface area contributed by atoms with Crippen LogP contribution in [0.25, 0.3) is 0 Å². The van der Waals surface area contributed by atoms with E-state index < -0.39 is 0 Å². The number of phenols is 1. The van der Waals surface area contributed by atoms with Gasteiger partial charge in [-0.2, -0.15) is 0 Å². The Labute approximate surface area is 106 Å². The highest BCUT2D eigenvalue weighted by atomic mass is 16.5. The zero-order chi connectivity index (χ0) is 12.5. The van der Waals surface area contributed by atoms with Crippen LogP contribution in [-0.4, -0.2) is 5.11 Å². The van der Waals surface area contributed by atoms with Crippen LogP contribution < -0.4 is 10.5 Å². The average molecular weight is 241 g/mol. The van der Waals surface area contributed by atoms with Crippen molar-refractivity contribution in [3.63, 3.8) is 0 Å². The lowest BCUT2D eigenvalue weighted by Gasteiger charge is -2.30. The van der Waals surface area contributed by atoms with Crippen LogP contribution in [0.2, 0.25) is 0 Å². The average Bonchev–Trinajstić information content (AvgIpc) is 2.39. The van der Waals surface area contributed by atoms with Gasteiger partial charge in [0.1, 0.15) is 17.6 Å². The van der Waals surface area contributed by atoms with Gasteiger partial charge >= 0.3 is 0 Å². The van der Waals surface area contributed by atoms with E-state index >= 15 is 0 Å². The van der Waals surface area contributed by atoms with E-state index in [1.54, 1.807) is 12.1 Å². The van der Waals surface area contributed by atoms with Crippen molar-refractivity contribution in [3.8, 4) is 11.5 Å². The molecule has 0 radical (unpaired) electrons. The molecular formula is C15H15NO2. The summed E-state index contributed by atoms with van der Waals surface area (Å²) in [5, 5.41) is 9.30. The molecule has 0 amide bonds. The van der Waals surface area contributed by atoms with Crippen LogP contribution in [0.5, 0.6) is 11.5 Å². The highest BCUT2D eigenvalue weighted by Gasteiger charge is 2.26. The Morgan fingerprint density at radius 1 is 1.06 bits per heavy atom. The van der Waals surface area contributed by atoms with Gasteiger partial charge in [0.15, 0.2) is 0 Å². The Morgan fingerprint density at radius 2 is 1.78 bits per heavy atom. The maximum absolute atomic E-state index is 9.30. The number of rotatable bonds is 1. The summed E-state index contributed by atoms with van der Waals surface area (Å²) in [6.07, 6.45) is 0.706. The molecule has 3 N–H and O–H groups in total. The lowest BCUT2D eigenvalue weighted by atomic mass is 9.94. The normalized spacial score (nSPS) is 22.1. The first-order valence-electron chi connectivity index (χ1n) is 6.04. The number of nitrogens with two attached hydrogens (primary N) is 1. The fourth-order valence-corrected chi connectivity index (χ4v) is 2.35. The third-order valence-corrected chi connectivity index (χ3v) is 3.32. The maximum Gasteiger partial charge on any atom is 0.126 e. The molecule has 0 saturated carbocycles. The number of aromatic hydroxyl groups is 1. The van der Waals surface area contributed by atoms with Gasteiger partial charge < -0.3 is 15.6 Å². The van der Waals surface area contributed by atoms with Gasteiger partial charge in [0.25, 0.3) is 0 Å². The van der Waals surface area contributed by atoms with Gasteiger partial charge in [-0.05, 0) is 23.8 Å². The number of benzene rings is 2. The maximum atomic E-state index is 9.30. The van der Waals surface area contributed by atoms with Crippen molar-refractivity contribution in [3.05, 3.63) is 59.7 Å². The highest BCUT2D eigenvalue weighted by Crippen LogP contribution is 2.39. The number of hydrogen-bond donors (Lipinski definition) is 2. The van der Waals surface area contributed by atoms with Crippen molar-refractivity contribution < 1.29 is 9.84 Å². The zero-order valence-corrected chi connectivity index (χ0v) is 9.91. The van der Waals surface area contributed by atoms with Crippen LogP contribution >= 0.6 is 0 Å². The molecule has 2 atom stereocenters. The summed E-state index contributed by atoms with van der Waals surface area (Å²) >= 11 is 0. The number of ether oxygens (including phenoxy) is 1. The van der Waals surface area contributed by atoms with E-state index in [0.717, 1.165) is 23.3 Å². The summed E-state index contributed by atoms with van der Waals surface area (Å²) in [5.74, 6) is 1.12. The van der Waals surface area contributed by atoms with E-state index in [-0.39, 0.29) is 17.9 Å². The molecule has 1 heterocycles. The van der Waals surface area contributed by atoms with Gasteiger partial charge in [0.2, 0.25) is 0 Å². The molecule has 18 heavy (non-hydrogen) atoms. The summed E-state index contributed by atoms with van der Waals surface area (Å²) in [6.45, 7) is 0. The first-order valence-corrected chi connectivity index (χ1v) is 6.04. The molecule has 3 nitrogen and oxygen atoms in total. The molecular weight excluding hydrogens is 226 g/mol. The summed E-state index contributed by atoms with van der Waals surface area (Å²) < 4.78 is 5.97. The van der Waals surface area contributed by atoms with Gasteiger partial charge in [-0.3, -0.25) is 0 Å². The van der Waals surface area contributed by atoms with Gasteiger partial charge in [0.05, 0.1) is 0 Å². The second-order valence-electron chi connectivity index (χ2n) is 4.58. The van der Waals surface area contributed by atoms with Crippen LogP contribution in [0.15, 0.2) is 48.5 Å². The molecule has 0 saturated heterocycles. The molecule has 0 aromatic heterocycles. The molecule has 1 aliphatic rings. The van der Waals surface area contributed by atoms with Crippen molar-refractivity contribution in [2.75, 3.05) is 0 Å². The molecule has 0 aliphatic carbocycles. The van der Waals surface area contributed by atoms with Gasteiger partial charge in [0, 0.05) is 18.0 Å². The van der Waals surface area contributed by atoms with Crippen molar-refractivity contribution in [1.82, 2.24) is 0 Å². The van der Waals surface area contributed by atoms with Crippen LogP contribution in [-0.2, 0) is 0 Å². The largest absolute Gasteiger partial charge is 0.508 e. The lowest BCUT2D eigenvalue weighted by molar-refractivity contribution is 0.161. The number of hydrogen-bond acceptors (Lipinski definition) is 3. The first-order chi connectivity index (χ1) is 8.74. The topological polar surface area (TPSA) is 55.5 Å². The van der Waals surface area contributed by atoms with Crippen molar-refractivity contribution >= 4 is 0 Å². The van der Waals surface area contributed by atoms with E-state index in [4.69, 9.17) is 10.5 Å². The second-order valence-corrected chi connectivity index (χ2v) is 4.58. The van der Waals surface area contributed by atoms with Gasteiger partial charge in [-0.25, -0.2) is 0 Å². The van der Waals surface area contributed by atoms with Gasteiger partial charge in [-0.15, -0.1) is 0 Å². The Morgan fingerprint density at radius 3 is 2.56 bits per heavy atom. The highest BCUT2D eigenvalue weighted by molar-refractivity contribution is 5.39. The standard InChI is InChI=1S/C15H15NO2/c16-13-9-15(10-5-7-11(17)8-6-10)18-14-4-2-1-3-12(13)14/h1-8,13,15,17H,9,16H2/t13-,15?/m1/s1. The second kappa shape index (κ2) is 4.35. The van der Waals surface area contributed by atoms with Crippen molar-refractivity contribution in [2.24, 2.45) is 5.73 Å². The van der Waals surface area contributed by atoms with E-state index in [9.17, 15) is 5.11 Å². The Bertz CT molecular complexity index is 551. The molecule has 0 bridgehead atoms. The Kier molecular flexibility index (Phi) is 2.68. The predicted octanol–water partition coefficient (Wildman–Crippen LogP) is 2.92. The monoisotopic (exact) mass is 241 g/mol. The first kappa shape index (κ1) is 11.1. The quantitative estimate of drug-likeness (QED) is 0.807. The third kappa shape index (κ3) is 1.93. The number of fused-ring (bicyclic) bond motifs is 1. The van der Waals surface area contributed by atoms with Crippen molar-refractivity contribution in [1.29, 1.82) is 0 Å².